The molecule has 0 unspecified atom stereocenters. The number of ether oxygens (including phenoxy) is 1. The summed E-state index contributed by atoms with van der Waals surface area (Å²) in [6, 6.07) is 9.31. The number of sulfonamides is 1. The number of hydrogen-bond donors (Lipinski definition) is 1. The van der Waals surface area contributed by atoms with E-state index in [1.165, 1.54) is 19.2 Å². The first-order valence-electron chi connectivity index (χ1n) is 8.97. The number of rotatable bonds is 8. The second kappa shape index (κ2) is 9.45. The van der Waals surface area contributed by atoms with Crippen LogP contribution >= 0.6 is 11.6 Å². The van der Waals surface area contributed by atoms with Gasteiger partial charge in [-0.3, -0.25) is 9.10 Å². The minimum absolute atomic E-state index is 0.117. The predicted octanol–water partition coefficient (Wildman–Crippen LogP) is 3.91. The lowest BCUT2D eigenvalue weighted by Crippen LogP contribution is -2.49. The molecule has 0 aliphatic heterocycles. The summed E-state index contributed by atoms with van der Waals surface area (Å²) in [5.74, 6) is -0.554. The standard InChI is InChI=1S/C20H24ClFN2O4S/c1-5-18(20(25)23-13(2)15-8-6-7-9-19(15)28-3)24(29(4,26)27)14-10-11-17(22)16(21)12-14/h6-13,18H,5H2,1-4H3,(H,23,25)/t13-,18+/m1/s1. The highest BCUT2D eigenvalue weighted by Crippen LogP contribution is 2.28. The summed E-state index contributed by atoms with van der Waals surface area (Å²) in [4.78, 5) is 13.0. The molecule has 2 aromatic carbocycles. The minimum atomic E-state index is -3.85. The fraction of sp³-hybridized carbons (Fsp3) is 0.350. The average molecular weight is 443 g/mol. The van der Waals surface area contributed by atoms with Crippen molar-refractivity contribution in [2.75, 3.05) is 17.7 Å². The summed E-state index contributed by atoms with van der Waals surface area (Å²) in [6.45, 7) is 3.48. The van der Waals surface area contributed by atoms with Crippen molar-refractivity contribution in [3.8, 4) is 5.75 Å². The van der Waals surface area contributed by atoms with E-state index in [-0.39, 0.29) is 17.1 Å². The van der Waals surface area contributed by atoms with Crippen LogP contribution in [0.5, 0.6) is 5.75 Å². The number of anilines is 1. The van der Waals surface area contributed by atoms with Crippen molar-refractivity contribution in [2.45, 2.75) is 32.4 Å². The molecule has 158 valence electrons. The first-order valence-corrected chi connectivity index (χ1v) is 11.2. The number of para-hydroxylation sites is 1. The molecule has 1 amide bonds. The average Bonchev–Trinajstić information content (AvgIpc) is 2.67. The molecule has 0 saturated heterocycles. The first-order chi connectivity index (χ1) is 13.6. The number of benzene rings is 2. The Bertz CT molecular complexity index is 984. The molecule has 9 heteroatoms. The molecule has 2 rings (SSSR count). The smallest absolute Gasteiger partial charge is 0.244 e. The van der Waals surface area contributed by atoms with Crippen LogP contribution in [0.1, 0.15) is 31.9 Å². The fourth-order valence-corrected chi connectivity index (χ4v) is 4.47. The number of carbonyl (C=O) groups excluding carboxylic acids is 1. The van der Waals surface area contributed by atoms with Crippen molar-refractivity contribution < 1.29 is 22.3 Å². The zero-order chi connectivity index (χ0) is 21.8. The third-order valence-corrected chi connectivity index (χ3v) is 5.92. The summed E-state index contributed by atoms with van der Waals surface area (Å²) >= 11 is 5.82. The van der Waals surface area contributed by atoms with Gasteiger partial charge in [-0.2, -0.15) is 0 Å². The van der Waals surface area contributed by atoms with Crippen LogP contribution in [0.25, 0.3) is 0 Å². The topological polar surface area (TPSA) is 75.7 Å². The number of hydrogen-bond acceptors (Lipinski definition) is 4. The molecule has 0 aliphatic carbocycles. The van der Waals surface area contributed by atoms with Crippen molar-refractivity contribution in [1.29, 1.82) is 0 Å². The second-order valence-electron chi connectivity index (χ2n) is 6.55. The maximum atomic E-state index is 13.5. The van der Waals surface area contributed by atoms with Gasteiger partial charge in [0.1, 0.15) is 17.6 Å². The quantitative estimate of drug-likeness (QED) is 0.672. The molecule has 1 N–H and O–H groups in total. The Labute approximate surface area is 175 Å². The summed E-state index contributed by atoms with van der Waals surface area (Å²) in [5.41, 5.74) is 0.875. The van der Waals surface area contributed by atoms with Gasteiger partial charge in [0.25, 0.3) is 0 Å². The largest absolute Gasteiger partial charge is 0.496 e. The number of amides is 1. The molecule has 0 fully saturated rings. The van der Waals surface area contributed by atoms with Crippen LogP contribution in [0, 0.1) is 5.82 Å². The third kappa shape index (κ3) is 5.39. The van der Waals surface area contributed by atoms with Gasteiger partial charge in [0.15, 0.2) is 0 Å². The molecule has 6 nitrogen and oxygen atoms in total. The van der Waals surface area contributed by atoms with E-state index < -0.39 is 33.8 Å². The molecule has 0 bridgehead atoms. The third-order valence-electron chi connectivity index (χ3n) is 4.45. The Hall–Kier alpha value is -2.32. The van der Waals surface area contributed by atoms with Crippen LogP contribution in [0.4, 0.5) is 10.1 Å². The molecule has 0 radical (unpaired) electrons. The molecule has 2 aromatic rings. The van der Waals surface area contributed by atoms with Gasteiger partial charge in [-0.1, -0.05) is 36.7 Å². The highest BCUT2D eigenvalue weighted by Gasteiger charge is 2.32. The van der Waals surface area contributed by atoms with Crippen molar-refractivity contribution in [3.63, 3.8) is 0 Å². The van der Waals surface area contributed by atoms with Gasteiger partial charge >= 0.3 is 0 Å². The minimum Gasteiger partial charge on any atom is -0.496 e. The molecular weight excluding hydrogens is 419 g/mol. The van der Waals surface area contributed by atoms with Gasteiger partial charge in [-0.15, -0.1) is 0 Å². The number of nitrogens with zero attached hydrogens (tertiary/aromatic N) is 1. The number of carbonyl (C=O) groups is 1. The zero-order valence-corrected chi connectivity index (χ0v) is 18.2. The van der Waals surface area contributed by atoms with Gasteiger partial charge in [0.05, 0.1) is 30.1 Å². The molecule has 0 spiro atoms. The van der Waals surface area contributed by atoms with E-state index in [0.717, 1.165) is 22.2 Å². The van der Waals surface area contributed by atoms with E-state index in [4.69, 9.17) is 16.3 Å². The molecule has 0 aliphatic rings. The van der Waals surface area contributed by atoms with Crippen molar-refractivity contribution in [3.05, 3.63) is 58.9 Å². The van der Waals surface area contributed by atoms with Crippen LogP contribution in [0.3, 0.4) is 0 Å². The molecule has 0 saturated carbocycles. The normalized spacial score (nSPS) is 13.4. The van der Waals surface area contributed by atoms with Crippen LogP contribution < -0.4 is 14.4 Å². The summed E-state index contributed by atoms with van der Waals surface area (Å²) in [6.07, 6.45) is 1.19. The molecule has 29 heavy (non-hydrogen) atoms. The predicted molar refractivity (Wildman–Crippen MR) is 112 cm³/mol. The lowest BCUT2D eigenvalue weighted by molar-refractivity contribution is -0.122. The summed E-state index contributed by atoms with van der Waals surface area (Å²) in [7, 11) is -2.32. The maximum Gasteiger partial charge on any atom is 0.244 e. The second-order valence-corrected chi connectivity index (χ2v) is 8.82. The van der Waals surface area contributed by atoms with E-state index in [1.807, 2.05) is 18.2 Å². The SMILES string of the molecule is CC[C@@H](C(=O)N[C@H](C)c1ccccc1OC)N(c1ccc(F)c(Cl)c1)S(C)(=O)=O. The number of nitrogens with one attached hydrogen (secondary N) is 1. The highest BCUT2D eigenvalue weighted by molar-refractivity contribution is 7.92. The monoisotopic (exact) mass is 442 g/mol. The van der Waals surface area contributed by atoms with Crippen LogP contribution in [-0.2, 0) is 14.8 Å². The molecule has 0 aromatic heterocycles. The molecule has 2 atom stereocenters. The summed E-state index contributed by atoms with van der Waals surface area (Å²) < 4.78 is 44.8. The molecular formula is C20H24ClFN2O4S. The van der Waals surface area contributed by atoms with Crippen molar-refractivity contribution in [2.24, 2.45) is 0 Å². The Balaban J connectivity index is 2.36. The van der Waals surface area contributed by atoms with E-state index in [0.29, 0.717) is 5.75 Å². The van der Waals surface area contributed by atoms with E-state index in [9.17, 15) is 17.6 Å². The van der Waals surface area contributed by atoms with Gasteiger partial charge in [-0.25, -0.2) is 12.8 Å². The maximum absolute atomic E-state index is 13.5. The van der Waals surface area contributed by atoms with Crippen LogP contribution in [-0.4, -0.2) is 33.7 Å². The van der Waals surface area contributed by atoms with E-state index >= 15 is 0 Å². The Kier molecular flexibility index (Phi) is 7.48. The van der Waals surface area contributed by atoms with Crippen LogP contribution in [0.2, 0.25) is 5.02 Å². The summed E-state index contributed by atoms with van der Waals surface area (Å²) in [5, 5.41) is 2.61. The lowest BCUT2D eigenvalue weighted by atomic mass is 10.1. The van der Waals surface area contributed by atoms with Crippen molar-refractivity contribution >= 4 is 33.2 Å². The first kappa shape index (κ1) is 23.0. The Morgan fingerprint density at radius 1 is 1.28 bits per heavy atom. The van der Waals surface area contributed by atoms with Gasteiger partial charge in [-0.05, 0) is 37.6 Å². The highest BCUT2D eigenvalue weighted by atomic mass is 35.5. The molecule has 0 heterocycles. The van der Waals surface area contributed by atoms with Gasteiger partial charge in [0.2, 0.25) is 15.9 Å². The Morgan fingerprint density at radius 3 is 2.48 bits per heavy atom. The zero-order valence-electron chi connectivity index (χ0n) is 16.6. The lowest BCUT2D eigenvalue weighted by Gasteiger charge is -2.31. The number of halogens is 2. The number of methoxy groups -OCH3 is 1. The van der Waals surface area contributed by atoms with Gasteiger partial charge in [0, 0.05) is 5.56 Å². The Morgan fingerprint density at radius 2 is 1.93 bits per heavy atom. The van der Waals surface area contributed by atoms with E-state index in [1.54, 1.807) is 19.9 Å². The van der Waals surface area contributed by atoms with Gasteiger partial charge < -0.3 is 10.1 Å². The van der Waals surface area contributed by atoms with E-state index in [2.05, 4.69) is 5.32 Å². The fourth-order valence-electron chi connectivity index (χ4n) is 3.09. The van der Waals surface area contributed by atoms with Crippen molar-refractivity contribution in [1.82, 2.24) is 5.32 Å². The van der Waals surface area contributed by atoms with Crippen LogP contribution in [0.15, 0.2) is 42.5 Å².